The summed E-state index contributed by atoms with van der Waals surface area (Å²) in [5.74, 6) is -3.84. The van der Waals surface area contributed by atoms with Gasteiger partial charge in [-0.1, -0.05) is 24.6 Å². The van der Waals surface area contributed by atoms with Crippen molar-refractivity contribution in [1.82, 2.24) is 5.32 Å². The van der Waals surface area contributed by atoms with E-state index >= 15 is 0 Å². The molecule has 0 radical (unpaired) electrons. The quantitative estimate of drug-likeness (QED) is 0.733. The molecule has 0 bridgehead atoms. The molecule has 3 N–H and O–H groups in total. The van der Waals surface area contributed by atoms with Crippen LogP contribution in [0.5, 0.6) is 0 Å². The maximum atomic E-state index is 12.4. The van der Waals surface area contributed by atoms with Crippen molar-refractivity contribution in [1.29, 1.82) is 0 Å². The van der Waals surface area contributed by atoms with E-state index in [2.05, 4.69) is 5.32 Å². The number of carbonyl (C=O) groups is 3. The number of amides is 1. The Morgan fingerprint density at radius 3 is 2.52 bits per heavy atom. The molecular weight excluding hydrogens is 322 g/mol. The molecule has 0 heterocycles. The largest absolute Gasteiger partial charge is 0.506 e. The molecule has 0 saturated heterocycles. The number of benzene rings is 1. The predicted octanol–water partition coefficient (Wildman–Crippen LogP) is 2.19. The van der Waals surface area contributed by atoms with Crippen LogP contribution < -0.4 is 5.32 Å². The average molecular weight is 338 g/mol. The summed E-state index contributed by atoms with van der Waals surface area (Å²) in [6, 6.07) is 2.08. The van der Waals surface area contributed by atoms with E-state index in [1.54, 1.807) is 26.0 Å². The van der Waals surface area contributed by atoms with Crippen LogP contribution >= 0.6 is 11.6 Å². The molecule has 7 heteroatoms. The third-order valence-corrected chi connectivity index (χ3v) is 4.37. The van der Waals surface area contributed by atoms with Crippen molar-refractivity contribution in [2.75, 3.05) is 0 Å². The molecular formula is C16H16ClNO5. The number of ketones is 1. The van der Waals surface area contributed by atoms with E-state index in [-0.39, 0.29) is 0 Å². The molecule has 0 aromatic heterocycles. The zero-order valence-corrected chi connectivity index (χ0v) is 13.6. The van der Waals surface area contributed by atoms with E-state index in [4.69, 9.17) is 16.7 Å². The number of Topliss-reactive ketones (excluding diaryl/α,β-unsaturated/α-hetero) is 1. The Hall–Kier alpha value is -2.34. The number of aliphatic carboxylic acids is 1. The van der Waals surface area contributed by atoms with Gasteiger partial charge in [0.15, 0.2) is 5.78 Å². The van der Waals surface area contributed by atoms with Gasteiger partial charge in [0.25, 0.3) is 5.91 Å². The maximum absolute atomic E-state index is 12.4. The summed E-state index contributed by atoms with van der Waals surface area (Å²) < 4.78 is 0. The molecule has 0 fully saturated rings. The fourth-order valence-corrected chi connectivity index (χ4v) is 2.69. The second-order valence-electron chi connectivity index (χ2n) is 5.48. The van der Waals surface area contributed by atoms with Crippen LogP contribution in [0.15, 0.2) is 17.7 Å². The Kier molecular flexibility index (Phi) is 4.47. The topological polar surface area (TPSA) is 104 Å². The van der Waals surface area contributed by atoms with Crippen molar-refractivity contribution in [3.05, 3.63) is 39.4 Å². The molecule has 1 aliphatic carbocycles. The smallest absolute Gasteiger partial charge is 0.325 e. The second-order valence-corrected chi connectivity index (χ2v) is 5.89. The Balaban J connectivity index is 2.58. The zero-order chi connectivity index (χ0) is 17.5. The number of halogens is 1. The lowest BCUT2D eigenvalue weighted by Crippen LogP contribution is -2.42. The Bertz CT molecular complexity index is 753. The minimum Gasteiger partial charge on any atom is -0.506 e. The molecule has 23 heavy (non-hydrogen) atoms. The molecule has 1 amide bonds. The van der Waals surface area contributed by atoms with Crippen LogP contribution in [0.25, 0.3) is 5.76 Å². The number of aliphatic hydroxyl groups is 1. The minimum atomic E-state index is -1.24. The van der Waals surface area contributed by atoms with E-state index in [0.29, 0.717) is 21.7 Å². The van der Waals surface area contributed by atoms with Gasteiger partial charge in [0.05, 0.1) is 0 Å². The first-order chi connectivity index (χ1) is 10.7. The van der Waals surface area contributed by atoms with E-state index in [0.717, 1.165) is 0 Å². The number of carboxylic acid groups (broad SMARTS) is 1. The summed E-state index contributed by atoms with van der Waals surface area (Å²) in [4.78, 5) is 35.5. The van der Waals surface area contributed by atoms with Crippen molar-refractivity contribution in [3.8, 4) is 0 Å². The van der Waals surface area contributed by atoms with Crippen molar-refractivity contribution in [3.63, 3.8) is 0 Å². The second kappa shape index (κ2) is 6.04. The van der Waals surface area contributed by atoms with Gasteiger partial charge < -0.3 is 15.5 Å². The molecule has 122 valence electrons. The summed E-state index contributed by atoms with van der Waals surface area (Å²) >= 11 is 6.05. The Labute approximate surface area is 137 Å². The van der Waals surface area contributed by atoms with Gasteiger partial charge in [-0.2, -0.15) is 0 Å². The van der Waals surface area contributed by atoms with Crippen LogP contribution in [-0.4, -0.2) is 33.9 Å². The normalized spacial score (nSPS) is 18.4. The van der Waals surface area contributed by atoms with Crippen LogP contribution in [0, 0.1) is 6.92 Å². The lowest BCUT2D eigenvalue weighted by Gasteiger charge is -2.25. The number of carboxylic acids is 1. The predicted molar refractivity (Wildman–Crippen MR) is 84.4 cm³/mol. The Morgan fingerprint density at radius 1 is 1.35 bits per heavy atom. The number of carbonyl (C=O) groups excluding carboxylic acids is 2. The highest BCUT2D eigenvalue weighted by Crippen LogP contribution is 2.39. The maximum Gasteiger partial charge on any atom is 0.325 e. The van der Waals surface area contributed by atoms with Crippen molar-refractivity contribution in [2.24, 2.45) is 0 Å². The lowest BCUT2D eigenvalue weighted by molar-refractivity contribution is -0.141. The highest BCUT2D eigenvalue weighted by atomic mass is 35.5. The first-order valence-corrected chi connectivity index (χ1v) is 7.35. The minimum absolute atomic E-state index is 0.345. The monoisotopic (exact) mass is 337 g/mol. The fourth-order valence-electron chi connectivity index (χ4n) is 2.53. The highest BCUT2D eigenvalue weighted by molar-refractivity contribution is 6.32. The van der Waals surface area contributed by atoms with Gasteiger partial charge >= 0.3 is 5.97 Å². The van der Waals surface area contributed by atoms with E-state index in [1.807, 2.05) is 0 Å². The Morgan fingerprint density at radius 2 is 1.96 bits per heavy atom. The standard InChI is InChI=1S/C16H16ClNO5/c1-6-9-4-5-10(17)7(2)11(9)14(20)12(13(6)19)15(21)18-8(3)16(22)23/h4-6,8,20H,1-3H3,(H,18,21)(H,22,23)/t6?,8-/m0/s1. The van der Waals surface area contributed by atoms with Crippen LogP contribution in [0.3, 0.4) is 0 Å². The number of hydrogen-bond acceptors (Lipinski definition) is 4. The van der Waals surface area contributed by atoms with Gasteiger partial charge in [0.2, 0.25) is 0 Å². The molecule has 6 nitrogen and oxygen atoms in total. The van der Waals surface area contributed by atoms with Gasteiger partial charge in [-0.15, -0.1) is 0 Å². The molecule has 0 spiro atoms. The van der Waals surface area contributed by atoms with E-state index < -0.39 is 41.0 Å². The molecule has 2 atom stereocenters. The average Bonchev–Trinajstić information content (AvgIpc) is 2.47. The number of fused-ring (bicyclic) bond motifs is 1. The summed E-state index contributed by atoms with van der Waals surface area (Å²) in [6.07, 6.45) is 0. The molecule has 2 rings (SSSR count). The first kappa shape index (κ1) is 17.0. The van der Waals surface area contributed by atoms with Gasteiger partial charge in [-0.3, -0.25) is 14.4 Å². The van der Waals surface area contributed by atoms with Crippen LogP contribution in [0.1, 0.15) is 36.5 Å². The van der Waals surface area contributed by atoms with E-state index in [1.165, 1.54) is 6.92 Å². The van der Waals surface area contributed by atoms with Crippen LogP contribution in [-0.2, 0) is 14.4 Å². The van der Waals surface area contributed by atoms with Crippen molar-refractivity contribution >= 4 is 35.0 Å². The summed E-state index contributed by atoms with van der Waals surface area (Å²) in [6.45, 7) is 4.56. The molecule has 0 aliphatic heterocycles. The number of nitrogens with one attached hydrogen (secondary N) is 1. The van der Waals surface area contributed by atoms with Gasteiger partial charge in [0.1, 0.15) is 17.4 Å². The number of aliphatic hydroxyl groups excluding tert-OH is 1. The van der Waals surface area contributed by atoms with Gasteiger partial charge in [0, 0.05) is 16.5 Å². The van der Waals surface area contributed by atoms with Crippen LogP contribution in [0.2, 0.25) is 5.02 Å². The molecule has 1 aliphatic rings. The number of rotatable bonds is 3. The molecule has 1 unspecified atom stereocenters. The van der Waals surface area contributed by atoms with Crippen molar-refractivity contribution in [2.45, 2.75) is 32.7 Å². The molecule has 0 saturated carbocycles. The third kappa shape index (κ3) is 2.82. The fraction of sp³-hybridized carbons (Fsp3) is 0.312. The van der Waals surface area contributed by atoms with Crippen molar-refractivity contribution < 1.29 is 24.6 Å². The highest BCUT2D eigenvalue weighted by Gasteiger charge is 2.37. The lowest BCUT2D eigenvalue weighted by atomic mass is 9.80. The molecule has 1 aromatic rings. The summed E-state index contributed by atoms with van der Waals surface area (Å²) in [5.41, 5.74) is 1.04. The summed E-state index contributed by atoms with van der Waals surface area (Å²) in [7, 11) is 0. The van der Waals surface area contributed by atoms with Gasteiger partial charge in [-0.05, 0) is 31.0 Å². The van der Waals surface area contributed by atoms with Crippen LogP contribution in [0.4, 0.5) is 0 Å². The third-order valence-electron chi connectivity index (χ3n) is 3.96. The number of hydrogen-bond donors (Lipinski definition) is 3. The van der Waals surface area contributed by atoms with Gasteiger partial charge in [-0.25, -0.2) is 0 Å². The SMILES string of the molecule is Cc1c(Cl)ccc2c1C(O)=C(C(=O)N[C@@H](C)C(=O)O)C(=O)C2C. The zero-order valence-electron chi connectivity index (χ0n) is 12.8. The first-order valence-electron chi connectivity index (χ1n) is 6.97. The van der Waals surface area contributed by atoms with E-state index in [9.17, 15) is 19.5 Å². The molecule has 1 aromatic carbocycles. The summed E-state index contributed by atoms with van der Waals surface area (Å²) in [5, 5.41) is 21.9.